The fourth-order valence-corrected chi connectivity index (χ4v) is 2.57. The summed E-state index contributed by atoms with van der Waals surface area (Å²) in [7, 11) is 0. The topological polar surface area (TPSA) is 54.0 Å². The Morgan fingerprint density at radius 1 is 1.29 bits per heavy atom. The lowest BCUT2D eigenvalue weighted by atomic mass is 10.1. The molecule has 3 heterocycles. The van der Waals surface area contributed by atoms with E-state index in [1.54, 1.807) is 17.5 Å². The lowest BCUT2D eigenvalue weighted by Crippen LogP contribution is -2.40. The number of nitrogens with one attached hydrogen (secondary N) is 2. The zero-order valence-electron chi connectivity index (χ0n) is 9.01. The fraction of sp³-hybridized carbons (Fsp3) is 0.167. The molecule has 2 N–H and O–H groups in total. The highest BCUT2D eigenvalue weighted by molar-refractivity contribution is 7.09. The summed E-state index contributed by atoms with van der Waals surface area (Å²) in [6, 6.07) is 5.48. The van der Waals surface area contributed by atoms with Crippen LogP contribution >= 0.6 is 11.3 Å². The Labute approximate surface area is 103 Å². The number of aromatic nitrogens is 1. The van der Waals surface area contributed by atoms with E-state index >= 15 is 0 Å². The van der Waals surface area contributed by atoms with Crippen LogP contribution in [0.5, 0.6) is 0 Å². The fourth-order valence-electron chi connectivity index (χ4n) is 1.85. The van der Waals surface area contributed by atoms with Crippen molar-refractivity contribution >= 4 is 28.6 Å². The van der Waals surface area contributed by atoms with E-state index in [4.69, 9.17) is 0 Å². The molecule has 4 nitrogen and oxygen atoms in total. The maximum absolute atomic E-state index is 11.9. The lowest BCUT2D eigenvalue weighted by molar-refractivity contribution is -0.117. The van der Waals surface area contributed by atoms with Crippen LogP contribution in [0, 0.1) is 0 Å². The molecule has 0 aromatic carbocycles. The summed E-state index contributed by atoms with van der Waals surface area (Å²) in [4.78, 5) is 16.1. The number of pyridine rings is 1. The lowest BCUT2D eigenvalue weighted by Gasteiger charge is -2.24. The van der Waals surface area contributed by atoms with Crippen molar-refractivity contribution in [2.45, 2.75) is 12.5 Å². The summed E-state index contributed by atoms with van der Waals surface area (Å²) in [5, 5.41) is 10.1. The smallest absolute Gasteiger partial charge is 0.247 e. The van der Waals surface area contributed by atoms with E-state index in [2.05, 4.69) is 15.6 Å². The predicted octanol–water partition coefficient (Wildman–Crippen LogP) is 2.12. The standard InChI is InChI=1S/C12H11N3OS/c16-12-9(5-8-3-1-2-4-13-8)14-10-6-17-7-11(10)15-12/h1-4,6-7,9,14H,5H2,(H,15,16). The molecule has 0 radical (unpaired) electrons. The molecule has 1 atom stereocenters. The second kappa shape index (κ2) is 4.18. The largest absolute Gasteiger partial charge is 0.371 e. The van der Waals surface area contributed by atoms with Gasteiger partial charge in [0.2, 0.25) is 5.91 Å². The van der Waals surface area contributed by atoms with E-state index in [1.165, 1.54) is 0 Å². The van der Waals surface area contributed by atoms with Crippen molar-refractivity contribution in [1.82, 2.24) is 4.98 Å². The number of hydrogen-bond acceptors (Lipinski definition) is 4. The van der Waals surface area contributed by atoms with Gasteiger partial charge >= 0.3 is 0 Å². The highest BCUT2D eigenvalue weighted by atomic mass is 32.1. The van der Waals surface area contributed by atoms with Crippen LogP contribution in [0.1, 0.15) is 5.69 Å². The molecular formula is C12H11N3OS. The van der Waals surface area contributed by atoms with Gasteiger partial charge in [-0.3, -0.25) is 9.78 Å². The Balaban J connectivity index is 1.79. The maximum atomic E-state index is 11.9. The molecule has 1 unspecified atom stereocenters. The van der Waals surface area contributed by atoms with Gasteiger partial charge in [-0.1, -0.05) is 6.07 Å². The van der Waals surface area contributed by atoms with Crippen molar-refractivity contribution in [3.05, 3.63) is 40.8 Å². The highest BCUT2D eigenvalue weighted by Gasteiger charge is 2.26. The minimum atomic E-state index is -0.244. The van der Waals surface area contributed by atoms with Gasteiger partial charge < -0.3 is 10.6 Å². The van der Waals surface area contributed by atoms with Gasteiger partial charge in [0.1, 0.15) is 6.04 Å². The maximum Gasteiger partial charge on any atom is 0.247 e. The Kier molecular flexibility index (Phi) is 2.53. The number of fused-ring (bicyclic) bond motifs is 1. The summed E-state index contributed by atoms with van der Waals surface area (Å²) in [5.74, 6) is 0.00144. The van der Waals surface area contributed by atoms with Gasteiger partial charge in [-0.15, -0.1) is 11.3 Å². The van der Waals surface area contributed by atoms with Gasteiger partial charge in [-0.2, -0.15) is 0 Å². The predicted molar refractivity (Wildman–Crippen MR) is 68.3 cm³/mol. The normalized spacial score (nSPS) is 18.1. The van der Waals surface area contributed by atoms with Crippen molar-refractivity contribution in [3.8, 4) is 0 Å². The van der Waals surface area contributed by atoms with Crippen molar-refractivity contribution in [2.75, 3.05) is 10.6 Å². The van der Waals surface area contributed by atoms with Crippen molar-refractivity contribution in [3.63, 3.8) is 0 Å². The molecule has 1 amide bonds. The average Bonchev–Trinajstić information content (AvgIpc) is 2.78. The number of carbonyl (C=O) groups is 1. The highest BCUT2D eigenvalue weighted by Crippen LogP contribution is 2.30. The minimum Gasteiger partial charge on any atom is -0.371 e. The van der Waals surface area contributed by atoms with E-state index in [0.29, 0.717) is 6.42 Å². The Bertz CT molecular complexity index is 538. The number of hydrogen-bond donors (Lipinski definition) is 2. The van der Waals surface area contributed by atoms with Crippen LogP contribution in [0.3, 0.4) is 0 Å². The molecule has 0 fully saturated rings. The zero-order valence-corrected chi connectivity index (χ0v) is 9.83. The monoisotopic (exact) mass is 245 g/mol. The van der Waals surface area contributed by atoms with Crippen molar-refractivity contribution < 1.29 is 4.79 Å². The van der Waals surface area contributed by atoms with Crippen LogP contribution in [-0.4, -0.2) is 16.9 Å². The zero-order chi connectivity index (χ0) is 11.7. The SMILES string of the molecule is O=C1Nc2cscc2NC1Cc1ccccn1. The van der Waals surface area contributed by atoms with Crippen LogP contribution in [-0.2, 0) is 11.2 Å². The van der Waals surface area contributed by atoms with Crippen molar-refractivity contribution in [2.24, 2.45) is 0 Å². The molecule has 1 aliphatic rings. The summed E-state index contributed by atoms with van der Waals surface area (Å²) in [5.41, 5.74) is 2.78. The minimum absolute atomic E-state index is 0.00144. The molecule has 0 aliphatic carbocycles. The quantitative estimate of drug-likeness (QED) is 0.852. The molecule has 17 heavy (non-hydrogen) atoms. The number of rotatable bonds is 2. The van der Waals surface area contributed by atoms with Gasteiger partial charge in [0.15, 0.2) is 0 Å². The Hall–Kier alpha value is -1.88. The Morgan fingerprint density at radius 3 is 3.00 bits per heavy atom. The number of thiophene rings is 1. The number of nitrogens with zero attached hydrogens (tertiary/aromatic N) is 1. The van der Waals surface area contributed by atoms with E-state index in [0.717, 1.165) is 17.1 Å². The number of anilines is 2. The summed E-state index contributed by atoms with van der Waals surface area (Å²) in [6.07, 6.45) is 2.34. The van der Waals surface area contributed by atoms with Gasteiger partial charge in [-0.05, 0) is 12.1 Å². The molecule has 1 aliphatic heterocycles. The molecule has 3 rings (SSSR count). The molecule has 5 heteroatoms. The van der Waals surface area contributed by atoms with E-state index in [9.17, 15) is 4.79 Å². The summed E-state index contributed by atoms with van der Waals surface area (Å²) in [6.45, 7) is 0. The molecule has 0 bridgehead atoms. The van der Waals surface area contributed by atoms with E-state index in [-0.39, 0.29) is 11.9 Å². The van der Waals surface area contributed by atoms with Crippen LogP contribution in [0.2, 0.25) is 0 Å². The molecule has 2 aromatic heterocycles. The van der Waals surface area contributed by atoms with Crippen LogP contribution in [0.4, 0.5) is 11.4 Å². The first-order chi connectivity index (χ1) is 8.33. The molecule has 0 saturated heterocycles. The molecule has 0 saturated carbocycles. The molecule has 2 aromatic rings. The van der Waals surface area contributed by atoms with Gasteiger partial charge in [0.25, 0.3) is 0 Å². The van der Waals surface area contributed by atoms with Crippen LogP contribution < -0.4 is 10.6 Å². The third-order valence-corrected chi connectivity index (χ3v) is 3.45. The van der Waals surface area contributed by atoms with E-state index < -0.39 is 0 Å². The summed E-state index contributed by atoms with van der Waals surface area (Å²) < 4.78 is 0. The first-order valence-electron chi connectivity index (χ1n) is 5.36. The van der Waals surface area contributed by atoms with Crippen LogP contribution in [0.15, 0.2) is 35.2 Å². The van der Waals surface area contributed by atoms with E-state index in [1.807, 2.05) is 29.0 Å². The first kappa shape index (κ1) is 10.3. The van der Waals surface area contributed by atoms with Gasteiger partial charge in [-0.25, -0.2) is 0 Å². The second-order valence-electron chi connectivity index (χ2n) is 3.91. The van der Waals surface area contributed by atoms with Crippen LogP contribution in [0.25, 0.3) is 0 Å². The summed E-state index contributed by atoms with van der Waals surface area (Å²) >= 11 is 1.57. The molecular weight excluding hydrogens is 234 g/mol. The first-order valence-corrected chi connectivity index (χ1v) is 6.31. The van der Waals surface area contributed by atoms with Crippen molar-refractivity contribution in [1.29, 1.82) is 0 Å². The third-order valence-electron chi connectivity index (χ3n) is 2.71. The second-order valence-corrected chi connectivity index (χ2v) is 4.65. The van der Waals surface area contributed by atoms with Gasteiger partial charge in [0.05, 0.1) is 11.4 Å². The molecule has 86 valence electrons. The van der Waals surface area contributed by atoms with Gasteiger partial charge in [0, 0.05) is 29.1 Å². The average molecular weight is 245 g/mol. The molecule has 0 spiro atoms. The number of carbonyl (C=O) groups excluding carboxylic acids is 1. The Morgan fingerprint density at radius 2 is 2.18 bits per heavy atom. The third kappa shape index (κ3) is 2.01. The number of amides is 1.